The Labute approximate surface area is 97.9 Å². The van der Waals surface area contributed by atoms with Crippen LogP contribution >= 0.6 is 0 Å². The number of rotatable bonds is 5. The average Bonchev–Trinajstić information content (AvgIpc) is 2.29. The van der Waals surface area contributed by atoms with Gasteiger partial charge in [0, 0.05) is 12.5 Å². The summed E-state index contributed by atoms with van der Waals surface area (Å²) in [6.07, 6.45) is 3.89. The number of hydrazine groups is 1. The average molecular weight is 228 g/mol. The summed E-state index contributed by atoms with van der Waals surface area (Å²) in [5.74, 6) is 4.96. The van der Waals surface area contributed by atoms with E-state index in [1.165, 1.54) is 12.8 Å². The van der Waals surface area contributed by atoms with Crippen molar-refractivity contribution in [2.75, 3.05) is 33.7 Å². The van der Waals surface area contributed by atoms with Crippen molar-refractivity contribution in [3.05, 3.63) is 0 Å². The van der Waals surface area contributed by atoms with Crippen molar-refractivity contribution in [3.8, 4) is 0 Å². The van der Waals surface area contributed by atoms with Crippen LogP contribution in [0.2, 0.25) is 0 Å². The van der Waals surface area contributed by atoms with Crippen molar-refractivity contribution in [3.63, 3.8) is 0 Å². The topological polar surface area (TPSA) is 61.6 Å². The monoisotopic (exact) mass is 228 g/mol. The summed E-state index contributed by atoms with van der Waals surface area (Å²) < 4.78 is 0. The Bertz CT molecular complexity index is 212. The fourth-order valence-corrected chi connectivity index (χ4v) is 2.19. The molecule has 1 rings (SSSR count). The molecular formula is C11H24N4O. The minimum absolute atomic E-state index is 0.0665. The standard InChI is InChI=1S/C11H24N4O/c1-14(2)10-5-8-15(9-6-10)7-3-4-11(16)13-12/h10H,3-9,12H2,1-2H3,(H,13,16). The van der Waals surface area contributed by atoms with Gasteiger partial charge in [0.1, 0.15) is 0 Å². The molecule has 0 spiro atoms. The fourth-order valence-electron chi connectivity index (χ4n) is 2.19. The molecule has 3 N–H and O–H groups in total. The highest BCUT2D eigenvalue weighted by atomic mass is 16.2. The van der Waals surface area contributed by atoms with Gasteiger partial charge in [0.05, 0.1) is 0 Å². The van der Waals surface area contributed by atoms with Crippen LogP contribution in [-0.4, -0.2) is 55.5 Å². The van der Waals surface area contributed by atoms with Gasteiger partial charge in [0.15, 0.2) is 0 Å². The molecule has 0 radical (unpaired) electrons. The summed E-state index contributed by atoms with van der Waals surface area (Å²) in [4.78, 5) is 15.7. The second-order valence-corrected chi connectivity index (χ2v) is 4.71. The molecule has 1 heterocycles. The van der Waals surface area contributed by atoms with Crippen LogP contribution in [0, 0.1) is 0 Å². The van der Waals surface area contributed by atoms with Crippen LogP contribution in [0.4, 0.5) is 0 Å². The molecule has 0 aromatic carbocycles. The first-order valence-corrected chi connectivity index (χ1v) is 6.01. The molecule has 1 fully saturated rings. The Morgan fingerprint density at radius 1 is 1.44 bits per heavy atom. The molecule has 94 valence electrons. The van der Waals surface area contributed by atoms with Crippen molar-refractivity contribution >= 4 is 5.91 Å². The lowest BCUT2D eigenvalue weighted by Crippen LogP contribution is -2.42. The van der Waals surface area contributed by atoms with E-state index in [9.17, 15) is 4.79 Å². The minimum atomic E-state index is -0.0665. The van der Waals surface area contributed by atoms with Crippen molar-refractivity contribution in [1.82, 2.24) is 15.2 Å². The Kier molecular flexibility index (Phi) is 5.73. The lowest BCUT2D eigenvalue weighted by molar-refractivity contribution is -0.121. The number of piperidine rings is 1. The summed E-state index contributed by atoms with van der Waals surface area (Å²) >= 11 is 0. The van der Waals surface area contributed by atoms with Gasteiger partial charge in [0.2, 0.25) is 5.91 Å². The van der Waals surface area contributed by atoms with Crippen LogP contribution in [0.1, 0.15) is 25.7 Å². The maximum atomic E-state index is 10.9. The zero-order valence-electron chi connectivity index (χ0n) is 10.4. The summed E-state index contributed by atoms with van der Waals surface area (Å²) in [6, 6.07) is 0.726. The lowest BCUT2D eigenvalue weighted by atomic mass is 10.0. The van der Waals surface area contributed by atoms with Crippen molar-refractivity contribution < 1.29 is 4.79 Å². The highest BCUT2D eigenvalue weighted by molar-refractivity contribution is 5.75. The molecule has 0 aromatic heterocycles. The van der Waals surface area contributed by atoms with E-state index in [0.717, 1.165) is 32.1 Å². The molecule has 1 aliphatic rings. The molecule has 0 aromatic rings. The van der Waals surface area contributed by atoms with Crippen LogP contribution in [-0.2, 0) is 4.79 Å². The van der Waals surface area contributed by atoms with Gasteiger partial charge in [-0.25, -0.2) is 5.84 Å². The Balaban J connectivity index is 2.10. The summed E-state index contributed by atoms with van der Waals surface area (Å²) in [7, 11) is 4.29. The molecule has 0 unspecified atom stereocenters. The van der Waals surface area contributed by atoms with E-state index in [1.807, 2.05) is 0 Å². The third-order valence-electron chi connectivity index (χ3n) is 3.33. The first-order valence-electron chi connectivity index (χ1n) is 6.01. The van der Waals surface area contributed by atoms with E-state index >= 15 is 0 Å². The SMILES string of the molecule is CN(C)C1CCN(CCCC(=O)NN)CC1. The second kappa shape index (κ2) is 6.83. The Morgan fingerprint density at radius 3 is 2.56 bits per heavy atom. The molecule has 1 amide bonds. The first-order chi connectivity index (χ1) is 7.63. The number of likely N-dealkylation sites (tertiary alicyclic amines) is 1. The maximum Gasteiger partial charge on any atom is 0.233 e. The number of nitrogens with two attached hydrogens (primary N) is 1. The zero-order chi connectivity index (χ0) is 12.0. The van der Waals surface area contributed by atoms with Crippen LogP contribution < -0.4 is 11.3 Å². The quantitative estimate of drug-likeness (QED) is 0.388. The number of carbonyl (C=O) groups excluding carboxylic acids is 1. The smallest absolute Gasteiger partial charge is 0.233 e. The van der Waals surface area contributed by atoms with Gasteiger partial charge < -0.3 is 9.80 Å². The predicted molar refractivity (Wildman–Crippen MR) is 64.7 cm³/mol. The number of hydrogen-bond donors (Lipinski definition) is 2. The largest absolute Gasteiger partial charge is 0.306 e. The van der Waals surface area contributed by atoms with Crippen LogP contribution in [0.25, 0.3) is 0 Å². The molecule has 0 saturated carbocycles. The van der Waals surface area contributed by atoms with Gasteiger partial charge in [-0.05, 0) is 53.0 Å². The minimum Gasteiger partial charge on any atom is -0.306 e. The van der Waals surface area contributed by atoms with Gasteiger partial charge in [-0.3, -0.25) is 10.2 Å². The van der Waals surface area contributed by atoms with E-state index in [4.69, 9.17) is 5.84 Å². The van der Waals surface area contributed by atoms with Crippen LogP contribution in [0.3, 0.4) is 0 Å². The molecule has 1 saturated heterocycles. The molecule has 1 aliphatic heterocycles. The van der Waals surface area contributed by atoms with Crippen molar-refractivity contribution in [1.29, 1.82) is 0 Å². The van der Waals surface area contributed by atoms with E-state index in [2.05, 4.69) is 29.3 Å². The number of hydrogen-bond acceptors (Lipinski definition) is 4. The molecule has 5 heteroatoms. The number of amides is 1. The third kappa shape index (κ3) is 4.47. The zero-order valence-corrected chi connectivity index (χ0v) is 10.4. The number of nitrogens with zero attached hydrogens (tertiary/aromatic N) is 2. The van der Waals surface area contributed by atoms with E-state index in [-0.39, 0.29) is 5.91 Å². The van der Waals surface area contributed by atoms with Gasteiger partial charge in [0.25, 0.3) is 0 Å². The van der Waals surface area contributed by atoms with Crippen molar-refractivity contribution in [2.45, 2.75) is 31.7 Å². The van der Waals surface area contributed by atoms with E-state index in [0.29, 0.717) is 6.42 Å². The third-order valence-corrected chi connectivity index (χ3v) is 3.33. The van der Waals surface area contributed by atoms with Gasteiger partial charge in [-0.1, -0.05) is 0 Å². The predicted octanol–water partition coefficient (Wildman–Crippen LogP) is -0.217. The maximum absolute atomic E-state index is 10.9. The molecule has 5 nitrogen and oxygen atoms in total. The summed E-state index contributed by atoms with van der Waals surface area (Å²) in [5.41, 5.74) is 2.16. The van der Waals surface area contributed by atoms with Crippen LogP contribution in [0.15, 0.2) is 0 Å². The van der Waals surface area contributed by atoms with Gasteiger partial charge in [-0.2, -0.15) is 0 Å². The van der Waals surface area contributed by atoms with Gasteiger partial charge in [-0.15, -0.1) is 0 Å². The Hall–Kier alpha value is -0.650. The highest BCUT2D eigenvalue weighted by Gasteiger charge is 2.19. The number of nitrogens with one attached hydrogen (secondary N) is 1. The van der Waals surface area contributed by atoms with E-state index in [1.54, 1.807) is 0 Å². The molecular weight excluding hydrogens is 204 g/mol. The van der Waals surface area contributed by atoms with Crippen LogP contribution in [0.5, 0.6) is 0 Å². The second-order valence-electron chi connectivity index (χ2n) is 4.71. The van der Waals surface area contributed by atoms with Crippen molar-refractivity contribution in [2.24, 2.45) is 5.84 Å². The summed E-state index contributed by atoms with van der Waals surface area (Å²) in [6.45, 7) is 3.30. The normalized spacial score (nSPS) is 19.0. The highest BCUT2D eigenvalue weighted by Crippen LogP contribution is 2.14. The number of carbonyl (C=O) groups is 1. The molecule has 0 bridgehead atoms. The molecule has 16 heavy (non-hydrogen) atoms. The molecule has 0 aliphatic carbocycles. The lowest BCUT2D eigenvalue weighted by Gasteiger charge is -2.35. The van der Waals surface area contributed by atoms with E-state index < -0.39 is 0 Å². The van der Waals surface area contributed by atoms with Gasteiger partial charge >= 0.3 is 0 Å². The summed E-state index contributed by atoms with van der Waals surface area (Å²) in [5, 5.41) is 0. The Morgan fingerprint density at radius 2 is 2.06 bits per heavy atom. The first kappa shape index (κ1) is 13.4. The molecule has 0 atom stereocenters. The fraction of sp³-hybridized carbons (Fsp3) is 0.909.